The molecule has 1 amide bonds. The SMILES string of the molecule is CCCNC(=O)C(C)NS(=O)(=O)c1cccc(N)c1C. The number of rotatable bonds is 6. The maximum atomic E-state index is 12.2. The zero-order valence-electron chi connectivity index (χ0n) is 11.9. The first-order valence-electron chi connectivity index (χ1n) is 6.44. The Labute approximate surface area is 119 Å². The average Bonchev–Trinajstić information content (AvgIpc) is 2.38. The summed E-state index contributed by atoms with van der Waals surface area (Å²) < 4.78 is 26.8. The number of nitrogen functional groups attached to an aromatic ring is 1. The minimum absolute atomic E-state index is 0.0904. The summed E-state index contributed by atoms with van der Waals surface area (Å²) in [6, 6.07) is 3.82. The quantitative estimate of drug-likeness (QED) is 0.675. The third-order valence-electron chi connectivity index (χ3n) is 2.89. The Morgan fingerprint density at radius 1 is 1.40 bits per heavy atom. The molecule has 0 fully saturated rings. The van der Waals surface area contributed by atoms with Gasteiger partial charge in [0.1, 0.15) is 0 Å². The first kappa shape index (κ1) is 16.5. The molecule has 0 aromatic heterocycles. The molecule has 0 spiro atoms. The van der Waals surface area contributed by atoms with Gasteiger partial charge in [-0.25, -0.2) is 8.42 Å². The molecule has 1 aromatic carbocycles. The lowest BCUT2D eigenvalue weighted by molar-refractivity contribution is -0.122. The predicted octanol–water partition coefficient (Wildman–Crippen LogP) is 0.770. The van der Waals surface area contributed by atoms with Crippen LogP contribution in [0.2, 0.25) is 0 Å². The van der Waals surface area contributed by atoms with Gasteiger partial charge in [-0.2, -0.15) is 4.72 Å². The van der Waals surface area contributed by atoms with E-state index in [1.165, 1.54) is 13.0 Å². The number of sulfonamides is 1. The van der Waals surface area contributed by atoms with Gasteiger partial charge in [0.25, 0.3) is 0 Å². The number of hydrogen-bond acceptors (Lipinski definition) is 4. The fourth-order valence-electron chi connectivity index (χ4n) is 1.67. The van der Waals surface area contributed by atoms with Gasteiger partial charge >= 0.3 is 0 Å². The normalized spacial score (nSPS) is 12.9. The first-order chi connectivity index (χ1) is 9.29. The Bertz CT molecular complexity index is 585. The molecule has 4 N–H and O–H groups in total. The third-order valence-corrected chi connectivity index (χ3v) is 4.58. The molecule has 0 radical (unpaired) electrons. The number of hydrogen-bond donors (Lipinski definition) is 3. The van der Waals surface area contributed by atoms with Crippen molar-refractivity contribution in [1.82, 2.24) is 10.0 Å². The van der Waals surface area contributed by atoms with E-state index in [1.54, 1.807) is 19.1 Å². The summed E-state index contributed by atoms with van der Waals surface area (Å²) in [4.78, 5) is 11.8. The zero-order valence-corrected chi connectivity index (χ0v) is 12.8. The molecule has 0 saturated carbocycles. The maximum absolute atomic E-state index is 12.2. The van der Waals surface area contributed by atoms with E-state index in [1.807, 2.05) is 6.92 Å². The van der Waals surface area contributed by atoms with Crippen molar-refractivity contribution in [2.45, 2.75) is 38.1 Å². The molecule has 6 nitrogen and oxygen atoms in total. The molecule has 1 aromatic rings. The second-order valence-corrected chi connectivity index (χ2v) is 6.29. The van der Waals surface area contributed by atoms with Crippen LogP contribution in [0.25, 0.3) is 0 Å². The summed E-state index contributed by atoms with van der Waals surface area (Å²) >= 11 is 0. The smallest absolute Gasteiger partial charge is 0.241 e. The van der Waals surface area contributed by atoms with Crippen LogP contribution in [-0.4, -0.2) is 26.9 Å². The summed E-state index contributed by atoms with van der Waals surface area (Å²) in [5.41, 5.74) is 6.57. The highest BCUT2D eigenvalue weighted by Gasteiger charge is 2.23. The van der Waals surface area contributed by atoms with Crippen molar-refractivity contribution >= 4 is 21.6 Å². The van der Waals surface area contributed by atoms with Crippen molar-refractivity contribution < 1.29 is 13.2 Å². The van der Waals surface area contributed by atoms with Gasteiger partial charge < -0.3 is 11.1 Å². The summed E-state index contributed by atoms with van der Waals surface area (Å²) in [6.45, 7) is 5.57. The van der Waals surface area contributed by atoms with Gasteiger partial charge in [-0.3, -0.25) is 4.79 Å². The Morgan fingerprint density at radius 3 is 2.65 bits per heavy atom. The minimum atomic E-state index is -3.77. The van der Waals surface area contributed by atoms with Crippen molar-refractivity contribution in [1.29, 1.82) is 0 Å². The summed E-state index contributed by atoms with van der Waals surface area (Å²) in [5, 5.41) is 2.64. The Morgan fingerprint density at radius 2 is 2.05 bits per heavy atom. The summed E-state index contributed by atoms with van der Waals surface area (Å²) in [6.07, 6.45) is 0.791. The maximum Gasteiger partial charge on any atom is 0.241 e. The van der Waals surface area contributed by atoms with Gasteiger partial charge in [0.05, 0.1) is 10.9 Å². The van der Waals surface area contributed by atoms with E-state index in [0.717, 1.165) is 6.42 Å². The van der Waals surface area contributed by atoms with Crippen LogP contribution in [0.1, 0.15) is 25.8 Å². The van der Waals surface area contributed by atoms with E-state index in [4.69, 9.17) is 5.73 Å². The molecule has 7 heteroatoms. The molecule has 1 atom stereocenters. The molecule has 112 valence electrons. The van der Waals surface area contributed by atoms with Crippen LogP contribution in [0.15, 0.2) is 23.1 Å². The van der Waals surface area contributed by atoms with E-state index in [-0.39, 0.29) is 10.8 Å². The number of anilines is 1. The molecule has 1 rings (SSSR count). The largest absolute Gasteiger partial charge is 0.398 e. The van der Waals surface area contributed by atoms with Crippen molar-refractivity contribution in [2.75, 3.05) is 12.3 Å². The summed E-state index contributed by atoms with van der Waals surface area (Å²) in [7, 11) is -3.77. The number of carbonyl (C=O) groups excluding carboxylic acids is 1. The second-order valence-electron chi connectivity index (χ2n) is 4.60. The molecule has 0 aliphatic rings. The number of nitrogens with two attached hydrogens (primary N) is 1. The molecule has 0 heterocycles. The zero-order chi connectivity index (χ0) is 15.3. The van der Waals surface area contributed by atoms with E-state index >= 15 is 0 Å². The topological polar surface area (TPSA) is 101 Å². The molecule has 0 saturated heterocycles. The second kappa shape index (κ2) is 6.71. The van der Waals surface area contributed by atoms with Crippen LogP contribution in [0.3, 0.4) is 0 Å². The molecule has 1 unspecified atom stereocenters. The van der Waals surface area contributed by atoms with Crippen LogP contribution in [0.4, 0.5) is 5.69 Å². The predicted molar refractivity (Wildman–Crippen MR) is 78.7 cm³/mol. The standard InChI is InChI=1S/C13H21N3O3S/c1-4-8-15-13(17)10(3)16-20(18,19)12-7-5-6-11(14)9(12)2/h5-7,10,16H,4,8,14H2,1-3H3,(H,15,17). The van der Waals surface area contributed by atoms with Gasteiger partial charge in [0, 0.05) is 12.2 Å². The van der Waals surface area contributed by atoms with Crippen molar-refractivity contribution in [3.63, 3.8) is 0 Å². The van der Waals surface area contributed by atoms with Gasteiger partial charge in [-0.1, -0.05) is 13.0 Å². The fraction of sp³-hybridized carbons (Fsp3) is 0.462. The molecular formula is C13H21N3O3S. The molecule has 0 aliphatic carbocycles. The van der Waals surface area contributed by atoms with Crippen molar-refractivity contribution in [3.05, 3.63) is 23.8 Å². The van der Waals surface area contributed by atoms with Gasteiger partial charge in [-0.15, -0.1) is 0 Å². The van der Waals surface area contributed by atoms with Gasteiger partial charge in [-0.05, 0) is 38.0 Å². The van der Waals surface area contributed by atoms with E-state index in [2.05, 4.69) is 10.0 Å². The third kappa shape index (κ3) is 3.94. The molecule has 20 heavy (non-hydrogen) atoms. The lowest BCUT2D eigenvalue weighted by atomic mass is 10.2. The lowest BCUT2D eigenvalue weighted by Gasteiger charge is -2.15. The minimum Gasteiger partial charge on any atom is -0.398 e. The summed E-state index contributed by atoms with van der Waals surface area (Å²) in [5.74, 6) is -0.350. The molecule has 0 bridgehead atoms. The van der Waals surface area contributed by atoms with Crippen LogP contribution < -0.4 is 15.8 Å². The van der Waals surface area contributed by atoms with Crippen LogP contribution >= 0.6 is 0 Å². The highest BCUT2D eigenvalue weighted by molar-refractivity contribution is 7.89. The fourth-order valence-corrected chi connectivity index (χ4v) is 3.15. The highest BCUT2D eigenvalue weighted by atomic mass is 32.2. The number of nitrogens with one attached hydrogen (secondary N) is 2. The number of carbonyl (C=O) groups is 1. The van der Waals surface area contributed by atoms with Gasteiger partial charge in [0.2, 0.25) is 15.9 Å². The van der Waals surface area contributed by atoms with Crippen LogP contribution in [0, 0.1) is 6.92 Å². The van der Waals surface area contributed by atoms with Crippen molar-refractivity contribution in [3.8, 4) is 0 Å². The van der Waals surface area contributed by atoms with Crippen molar-refractivity contribution in [2.24, 2.45) is 0 Å². The average molecular weight is 299 g/mol. The lowest BCUT2D eigenvalue weighted by Crippen LogP contribution is -2.45. The monoisotopic (exact) mass is 299 g/mol. The van der Waals surface area contributed by atoms with E-state index in [0.29, 0.717) is 17.8 Å². The Balaban J connectivity index is 2.90. The van der Waals surface area contributed by atoms with Gasteiger partial charge in [0.15, 0.2) is 0 Å². The Kier molecular flexibility index (Phi) is 5.52. The molecule has 0 aliphatic heterocycles. The van der Waals surface area contributed by atoms with Crippen LogP contribution in [0.5, 0.6) is 0 Å². The first-order valence-corrected chi connectivity index (χ1v) is 7.93. The van der Waals surface area contributed by atoms with E-state index in [9.17, 15) is 13.2 Å². The van der Waals surface area contributed by atoms with E-state index < -0.39 is 16.1 Å². The molecular weight excluding hydrogens is 278 g/mol. The Hall–Kier alpha value is -1.60. The number of amides is 1. The van der Waals surface area contributed by atoms with Crippen LogP contribution in [-0.2, 0) is 14.8 Å². The highest BCUT2D eigenvalue weighted by Crippen LogP contribution is 2.20. The number of benzene rings is 1.